The van der Waals surface area contributed by atoms with Gasteiger partial charge < -0.3 is 5.32 Å². The summed E-state index contributed by atoms with van der Waals surface area (Å²) in [5, 5.41) is 5.82. The van der Waals surface area contributed by atoms with Crippen LogP contribution in [0.1, 0.15) is 35.4 Å². The van der Waals surface area contributed by atoms with Crippen molar-refractivity contribution in [3.63, 3.8) is 0 Å². The lowest BCUT2D eigenvalue weighted by molar-refractivity contribution is 0.534. The van der Waals surface area contributed by atoms with Gasteiger partial charge in [-0.15, -0.1) is 11.3 Å². The Hall–Kier alpha value is -1.19. The second-order valence-corrected chi connectivity index (χ2v) is 5.49. The molecular formula is C15H20N2S. The maximum atomic E-state index is 4.20. The van der Waals surface area contributed by atoms with Crippen LogP contribution in [0, 0.1) is 6.92 Å². The van der Waals surface area contributed by atoms with Crippen LogP contribution in [0.25, 0.3) is 0 Å². The fourth-order valence-corrected chi connectivity index (χ4v) is 3.08. The standard InChI is InChI=1S/C15H20N2S/c1-3-7-17-14(15-12(2)6-9-18-15)10-13-5-4-8-16-11-13/h4-6,8-9,11,14,17H,3,7,10H2,1-2H3. The van der Waals surface area contributed by atoms with E-state index in [-0.39, 0.29) is 0 Å². The summed E-state index contributed by atoms with van der Waals surface area (Å²) in [6, 6.07) is 6.77. The van der Waals surface area contributed by atoms with Crippen LogP contribution in [0.2, 0.25) is 0 Å². The third kappa shape index (κ3) is 3.40. The number of hydrogen-bond donors (Lipinski definition) is 1. The van der Waals surface area contributed by atoms with E-state index < -0.39 is 0 Å². The van der Waals surface area contributed by atoms with Crippen molar-refractivity contribution in [1.29, 1.82) is 0 Å². The topological polar surface area (TPSA) is 24.9 Å². The predicted molar refractivity (Wildman–Crippen MR) is 78.0 cm³/mol. The van der Waals surface area contributed by atoms with Gasteiger partial charge in [0.15, 0.2) is 0 Å². The highest BCUT2D eigenvalue weighted by atomic mass is 32.1. The molecular weight excluding hydrogens is 240 g/mol. The van der Waals surface area contributed by atoms with Gasteiger partial charge in [-0.25, -0.2) is 0 Å². The Labute approximate surface area is 113 Å². The van der Waals surface area contributed by atoms with Gasteiger partial charge >= 0.3 is 0 Å². The second-order valence-electron chi connectivity index (χ2n) is 4.54. The number of nitrogens with one attached hydrogen (secondary N) is 1. The minimum atomic E-state index is 0.411. The molecule has 0 bridgehead atoms. The molecule has 0 radical (unpaired) electrons. The molecule has 0 amide bonds. The Kier molecular flexibility index (Phi) is 4.90. The minimum absolute atomic E-state index is 0.411. The van der Waals surface area contributed by atoms with Gasteiger partial charge in [0.2, 0.25) is 0 Å². The van der Waals surface area contributed by atoms with Crippen molar-refractivity contribution in [2.75, 3.05) is 6.54 Å². The van der Waals surface area contributed by atoms with Gasteiger partial charge in [0.1, 0.15) is 0 Å². The van der Waals surface area contributed by atoms with E-state index in [0.717, 1.165) is 19.4 Å². The van der Waals surface area contributed by atoms with Crippen molar-refractivity contribution in [1.82, 2.24) is 10.3 Å². The van der Waals surface area contributed by atoms with Gasteiger partial charge in [-0.2, -0.15) is 0 Å². The lowest BCUT2D eigenvalue weighted by atomic mass is 10.0. The molecule has 96 valence electrons. The first-order chi connectivity index (χ1) is 8.81. The molecule has 0 fully saturated rings. The van der Waals surface area contributed by atoms with E-state index >= 15 is 0 Å². The van der Waals surface area contributed by atoms with Gasteiger partial charge in [0, 0.05) is 23.3 Å². The third-order valence-corrected chi connectivity index (χ3v) is 4.15. The molecule has 1 unspecified atom stereocenters. The molecule has 3 heteroatoms. The first-order valence-corrected chi connectivity index (χ1v) is 7.35. The van der Waals surface area contributed by atoms with Crippen LogP contribution in [-0.2, 0) is 6.42 Å². The summed E-state index contributed by atoms with van der Waals surface area (Å²) in [5.41, 5.74) is 2.68. The zero-order valence-corrected chi connectivity index (χ0v) is 11.8. The first-order valence-electron chi connectivity index (χ1n) is 6.47. The van der Waals surface area contributed by atoms with Crippen LogP contribution in [-0.4, -0.2) is 11.5 Å². The van der Waals surface area contributed by atoms with E-state index in [1.54, 1.807) is 0 Å². The summed E-state index contributed by atoms with van der Waals surface area (Å²) in [6.07, 6.45) is 5.96. The molecule has 0 aliphatic rings. The Balaban J connectivity index is 2.13. The quantitative estimate of drug-likeness (QED) is 0.856. The van der Waals surface area contributed by atoms with Crippen molar-refractivity contribution in [3.8, 4) is 0 Å². The van der Waals surface area contributed by atoms with Crippen molar-refractivity contribution in [3.05, 3.63) is 52.0 Å². The molecule has 2 heterocycles. The third-order valence-electron chi connectivity index (χ3n) is 3.02. The SMILES string of the molecule is CCCNC(Cc1cccnc1)c1sccc1C. The van der Waals surface area contributed by atoms with E-state index in [2.05, 4.69) is 41.7 Å². The summed E-state index contributed by atoms with van der Waals surface area (Å²) in [7, 11) is 0. The van der Waals surface area contributed by atoms with Crippen LogP contribution in [0.4, 0.5) is 0 Å². The lowest BCUT2D eigenvalue weighted by Gasteiger charge is -2.18. The minimum Gasteiger partial charge on any atom is -0.309 e. The molecule has 2 aromatic heterocycles. The fourth-order valence-electron chi connectivity index (χ4n) is 2.07. The number of hydrogen-bond acceptors (Lipinski definition) is 3. The molecule has 0 saturated heterocycles. The Morgan fingerprint density at radius 2 is 2.28 bits per heavy atom. The van der Waals surface area contributed by atoms with Crippen molar-refractivity contribution >= 4 is 11.3 Å². The van der Waals surface area contributed by atoms with E-state index in [4.69, 9.17) is 0 Å². The van der Waals surface area contributed by atoms with Gasteiger partial charge in [-0.3, -0.25) is 4.98 Å². The fraction of sp³-hybridized carbons (Fsp3) is 0.400. The van der Waals surface area contributed by atoms with Gasteiger partial charge in [0.25, 0.3) is 0 Å². The van der Waals surface area contributed by atoms with Gasteiger partial charge in [-0.05, 0) is 54.9 Å². The highest BCUT2D eigenvalue weighted by molar-refractivity contribution is 7.10. The van der Waals surface area contributed by atoms with E-state index in [9.17, 15) is 0 Å². The first kappa shape index (κ1) is 13.2. The average molecular weight is 260 g/mol. The van der Waals surface area contributed by atoms with Crippen LogP contribution in [0.15, 0.2) is 36.0 Å². The van der Waals surface area contributed by atoms with Crippen molar-refractivity contribution in [2.24, 2.45) is 0 Å². The largest absolute Gasteiger partial charge is 0.309 e. The monoisotopic (exact) mass is 260 g/mol. The van der Waals surface area contributed by atoms with Crippen molar-refractivity contribution in [2.45, 2.75) is 32.7 Å². The maximum absolute atomic E-state index is 4.20. The summed E-state index contributed by atoms with van der Waals surface area (Å²) >= 11 is 1.84. The Morgan fingerprint density at radius 3 is 2.89 bits per heavy atom. The Morgan fingerprint density at radius 1 is 1.39 bits per heavy atom. The molecule has 0 aliphatic heterocycles. The number of aryl methyl sites for hydroxylation is 1. The van der Waals surface area contributed by atoms with Crippen LogP contribution in [0.3, 0.4) is 0 Å². The summed E-state index contributed by atoms with van der Waals surface area (Å²) in [5.74, 6) is 0. The predicted octanol–water partition coefficient (Wildman–Crippen LogP) is 3.73. The van der Waals surface area contributed by atoms with Crippen LogP contribution < -0.4 is 5.32 Å². The molecule has 2 nitrogen and oxygen atoms in total. The highest BCUT2D eigenvalue weighted by Crippen LogP contribution is 2.26. The lowest BCUT2D eigenvalue weighted by Crippen LogP contribution is -2.23. The van der Waals surface area contributed by atoms with Gasteiger partial charge in [-0.1, -0.05) is 13.0 Å². The maximum Gasteiger partial charge on any atom is 0.0458 e. The molecule has 0 aliphatic carbocycles. The van der Waals surface area contributed by atoms with E-state index in [1.165, 1.54) is 16.0 Å². The molecule has 2 rings (SSSR count). The summed E-state index contributed by atoms with van der Waals surface area (Å²) in [6.45, 7) is 5.45. The zero-order valence-electron chi connectivity index (χ0n) is 11.0. The molecule has 0 spiro atoms. The molecule has 0 saturated carbocycles. The normalized spacial score (nSPS) is 12.6. The molecule has 0 aromatic carbocycles. The van der Waals surface area contributed by atoms with E-state index in [0.29, 0.717) is 6.04 Å². The summed E-state index contributed by atoms with van der Waals surface area (Å²) in [4.78, 5) is 5.65. The number of pyridine rings is 1. The molecule has 1 atom stereocenters. The van der Waals surface area contributed by atoms with E-state index in [1.807, 2.05) is 29.8 Å². The number of nitrogens with zero attached hydrogens (tertiary/aromatic N) is 1. The highest BCUT2D eigenvalue weighted by Gasteiger charge is 2.15. The average Bonchev–Trinajstić information content (AvgIpc) is 2.82. The smallest absolute Gasteiger partial charge is 0.0458 e. The summed E-state index contributed by atoms with van der Waals surface area (Å²) < 4.78 is 0. The Bertz CT molecular complexity index is 464. The van der Waals surface area contributed by atoms with Gasteiger partial charge in [0.05, 0.1) is 0 Å². The van der Waals surface area contributed by atoms with Crippen molar-refractivity contribution < 1.29 is 0 Å². The number of rotatable bonds is 6. The molecule has 1 N–H and O–H groups in total. The number of aromatic nitrogens is 1. The molecule has 2 aromatic rings. The van der Waals surface area contributed by atoms with Crippen LogP contribution in [0.5, 0.6) is 0 Å². The molecule has 18 heavy (non-hydrogen) atoms. The zero-order chi connectivity index (χ0) is 12.8. The van der Waals surface area contributed by atoms with Crippen LogP contribution >= 0.6 is 11.3 Å². The number of thiophene rings is 1. The second kappa shape index (κ2) is 6.66.